The van der Waals surface area contributed by atoms with Crippen molar-refractivity contribution in [3.05, 3.63) is 119 Å². The number of aryl methyl sites for hydroxylation is 1. The van der Waals surface area contributed by atoms with Gasteiger partial charge in [-0.05, 0) is 40.5 Å². The van der Waals surface area contributed by atoms with Gasteiger partial charge in [0.15, 0.2) is 0 Å². The monoisotopic (exact) mass is 446 g/mol. The molecule has 0 spiro atoms. The summed E-state index contributed by atoms with van der Waals surface area (Å²) in [4.78, 5) is 13.0. The summed E-state index contributed by atoms with van der Waals surface area (Å²) in [6.45, 7) is 2.10. The molecule has 0 bridgehead atoms. The number of fused-ring (bicyclic) bond motifs is 2. The number of benzene rings is 4. The number of allylic oxidation sites excluding steroid dienone is 1. The average Bonchev–Trinajstić information content (AvgIpc) is 2.87. The molecule has 1 unspecified atom stereocenters. The third kappa shape index (κ3) is 3.76. The van der Waals surface area contributed by atoms with E-state index in [-0.39, 0.29) is 11.8 Å². The molecule has 0 fully saturated rings. The third-order valence-electron chi connectivity index (χ3n) is 6.13. The van der Waals surface area contributed by atoms with E-state index < -0.39 is 5.97 Å². The Hall–Kier alpha value is -4.56. The Labute approximate surface area is 197 Å². The van der Waals surface area contributed by atoms with Crippen LogP contribution in [0.3, 0.4) is 0 Å². The van der Waals surface area contributed by atoms with Crippen LogP contribution in [0.15, 0.2) is 96.4 Å². The van der Waals surface area contributed by atoms with Gasteiger partial charge in [-0.3, -0.25) is 0 Å². The van der Waals surface area contributed by atoms with Crippen molar-refractivity contribution in [3.63, 3.8) is 0 Å². The van der Waals surface area contributed by atoms with Crippen LogP contribution in [0.25, 0.3) is 10.8 Å². The molecule has 5 rings (SSSR count). The molecule has 0 radical (unpaired) electrons. The smallest absolute Gasteiger partial charge is 0.344 e. The molecular formula is C29H22N2O3. The standard InChI is InChI=1S/C29H22N2O3/c1-2-18-10-12-20(13-11-18)27-24-15-14-21(16-26(24)34-28(31)25(27)17-30)33-29(32)23-9-5-7-19-6-3-4-8-22(19)23/h3-16,27H,2,31H2,1H3. The molecule has 5 nitrogen and oxygen atoms in total. The molecule has 1 aliphatic heterocycles. The fourth-order valence-electron chi connectivity index (χ4n) is 4.35. The van der Waals surface area contributed by atoms with E-state index in [9.17, 15) is 10.1 Å². The van der Waals surface area contributed by atoms with E-state index in [0.717, 1.165) is 28.3 Å². The molecule has 1 heterocycles. The van der Waals surface area contributed by atoms with Crippen molar-refractivity contribution in [1.82, 2.24) is 0 Å². The average molecular weight is 447 g/mol. The number of nitrogens with zero attached hydrogens (tertiary/aromatic N) is 1. The molecule has 166 valence electrons. The Balaban J connectivity index is 1.49. The molecule has 34 heavy (non-hydrogen) atoms. The Bertz CT molecular complexity index is 1470. The van der Waals surface area contributed by atoms with Crippen molar-refractivity contribution in [2.75, 3.05) is 0 Å². The molecule has 4 aromatic rings. The first-order valence-electron chi connectivity index (χ1n) is 11.1. The molecule has 1 atom stereocenters. The second-order valence-corrected chi connectivity index (χ2v) is 8.14. The van der Waals surface area contributed by atoms with Crippen LogP contribution < -0.4 is 15.2 Å². The van der Waals surface area contributed by atoms with Gasteiger partial charge in [0.1, 0.15) is 23.1 Å². The van der Waals surface area contributed by atoms with Gasteiger partial charge in [-0.1, -0.05) is 73.7 Å². The molecule has 0 amide bonds. The first-order valence-corrected chi connectivity index (χ1v) is 11.1. The lowest BCUT2D eigenvalue weighted by Crippen LogP contribution is -2.21. The fraction of sp³-hybridized carbons (Fsp3) is 0.103. The minimum atomic E-state index is -0.458. The Morgan fingerprint density at radius 3 is 2.56 bits per heavy atom. The summed E-state index contributed by atoms with van der Waals surface area (Å²) < 4.78 is 11.5. The molecule has 5 heteroatoms. The van der Waals surface area contributed by atoms with Crippen molar-refractivity contribution in [3.8, 4) is 17.6 Å². The van der Waals surface area contributed by atoms with Gasteiger partial charge in [-0.15, -0.1) is 0 Å². The number of hydrogen-bond donors (Lipinski definition) is 1. The first-order chi connectivity index (χ1) is 16.6. The Kier molecular flexibility index (Phi) is 5.49. The number of ether oxygens (including phenoxy) is 2. The third-order valence-corrected chi connectivity index (χ3v) is 6.13. The lowest BCUT2D eigenvalue weighted by Gasteiger charge is -2.27. The van der Waals surface area contributed by atoms with E-state index in [0.29, 0.717) is 22.6 Å². The Morgan fingerprint density at radius 2 is 1.79 bits per heavy atom. The minimum absolute atomic E-state index is 0.0529. The van der Waals surface area contributed by atoms with Gasteiger partial charge >= 0.3 is 5.97 Å². The number of nitriles is 1. The molecule has 0 saturated carbocycles. The lowest BCUT2D eigenvalue weighted by molar-refractivity contribution is 0.0736. The zero-order valence-electron chi connectivity index (χ0n) is 18.6. The lowest BCUT2D eigenvalue weighted by atomic mass is 9.83. The van der Waals surface area contributed by atoms with E-state index >= 15 is 0 Å². The van der Waals surface area contributed by atoms with Gasteiger partial charge in [0.05, 0.1) is 11.5 Å². The second kappa shape index (κ2) is 8.76. The maximum Gasteiger partial charge on any atom is 0.344 e. The van der Waals surface area contributed by atoms with E-state index in [4.69, 9.17) is 15.2 Å². The fourth-order valence-corrected chi connectivity index (χ4v) is 4.35. The summed E-state index contributed by atoms with van der Waals surface area (Å²) in [5, 5.41) is 11.6. The summed E-state index contributed by atoms with van der Waals surface area (Å²) in [5.41, 5.74) is 9.91. The van der Waals surface area contributed by atoms with E-state index in [1.165, 1.54) is 5.56 Å². The molecule has 0 aliphatic carbocycles. The SMILES string of the molecule is CCc1ccc(C2C(C#N)=C(N)Oc3cc(OC(=O)c4cccc5ccccc45)ccc32)cc1. The van der Waals surface area contributed by atoms with Crippen molar-refractivity contribution >= 4 is 16.7 Å². The van der Waals surface area contributed by atoms with Gasteiger partial charge in [-0.25, -0.2) is 4.79 Å². The summed E-state index contributed by atoms with van der Waals surface area (Å²) >= 11 is 0. The number of rotatable bonds is 4. The summed E-state index contributed by atoms with van der Waals surface area (Å²) in [7, 11) is 0. The number of esters is 1. The molecule has 2 N–H and O–H groups in total. The molecule has 4 aromatic carbocycles. The van der Waals surface area contributed by atoms with Crippen molar-refractivity contribution in [1.29, 1.82) is 5.26 Å². The van der Waals surface area contributed by atoms with Gasteiger partial charge in [-0.2, -0.15) is 5.26 Å². The van der Waals surface area contributed by atoms with Crippen LogP contribution >= 0.6 is 0 Å². The molecule has 0 saturated heterocycles. The van der Waals surface area contributed by atoms with Crippen LogP contribution in [0.4, 0.5) is 0 Å². The predicted molar refractivity (Wildman–Crippen MR) is 130 cm³/mol. The van der Waals surface area contributed by atoms with Gasteiger partial charge in [0, 0.05) is 11.6 Å². The van der Waals surface area contributed by atoms with Crippen molar-refractivity contribution < 1.29 is 14.3 Å². The summed E-state index contributed by atoms with van der Waals surface area (Å²) in [6.07, 6.45) is 0.930. The Morgan fingerprint density at radius 1 is 1.03 bits per heavy atom. The molecular weight excluding hydrogens is 424 g/mol. The largest absolute Gasteiger partial charge is 0.440 e. The highest BCUT2D eigenvalue weighted by Crippen LogP contribution is 2.43. The van der Waals surface area contributed by atoms with Crippen LogP contribution in [-0.2, 0) is 6.42 Å². The highest BCUT2D eigenvalue weighted by Gasteiger charge is 2.31. The van der Waals surface area contributed by atoms with Gasteiger partial charge in [0.2, 0.25) is 5.88 Å². The van der Waals surface area contributed by atoms with E-state index in [2.05, 4.69) is 25.1 Å². The molecule has 0 aromatic heterocycles. The number of hydrogen-bond acceptors (Lipinski definition) is 5. The maximum atomic E-state index is 13.0. The van der Waals surface area contributed by atoms with Crippen LogP contribution in [-0.4, -0.2) is 5.97 Å². The normalized spacial score (nSPS) is 14.8. The van der Waals surface area contributed by atoms with Crippen LogP contribution in [0, 0.1) is 11.3 Å². The zero-order chi connectivity index (χ0) is 23.7. The highest BCUT2D eigenvalue weighted by molar-refractivity contribution is 6.05. The van der Waals surface area contributed by atoms with E-state index in [1.807, 2.05) is 54.6 Å². The second-order valence-electron chi connectivity index (χ2n) is 8.14. The van der Waals surface area contributed by atoms with Gasteiger partial charge < -0.3 is 15.2 Å². The quantitative estimate of drug-likeness (QED) is 0.314. The zero-order valence-corrected chi connectivity index (χ0v) is 18.6. The predicted octanol–water partition coefficient (Wildman–Crippen LogP) is 5.84. The first kappa shape index (κ1) is 21.3. The van der Waals surface area contributed by atoms with E-state index in [1.54, 1.807) is 18.2 Å². The van der Waals surface area contributed by atoms with Gasteiger partial charge in [0.25, 0.3) is 0 Å². The minimum Gasteiger partial charge on any atom is -0.440 e. The molecule has 1 aliphatic rings. The number of carbonyl (C=O) groups excluding carboxylic acids is 1. The summed E-state index contributed by atoms with van der Waals surface area (Å²) in [5.74, 6) is 0.0364. The van der Waals surface area contributed by atoms with Crippen molar-refractivity contribution in [2.45, 2.75) is 19.3 Å². The summed E-state index contributed by atoms with van der Waals surface area (Å²) in [6, 6.07) is 28.7. The number of nitrogens with two attached hydrogens (primary N) is 1. The van der Waals surface area contributed by atoms with Crippen LogP contribution in [0.5, 0.6) is 11.5 Å². The highest BCUT2D eigenvalue weighted by atomic mass is 16.5. The maximum absolute atomic E-state index is 13.0. The topological polar surface area (TPSA) is 85.3 Å². The van der Waals surface area contributed by atoms with Crippen LogP contribution in [0.1, 0.15) is 39.9 Å². The van der Waals surface area contributed by atoms with Crippen molar-refractivity contribution in [2.24, 2.45) is 5.73 Å². The number of carbonyl (C=O) groups is 1. The van der Waals surface area contributed by atoms with Crippen LogP contribution in [0.2, 0.25) is 0 Å².